The van der Waals surface area contributed by atoms with Crippen LogP contribution in [0.25, 0.3) is 0 Å². The van der Waals surface area contributed by atoms with Crippen molar-refractivity contribution in [2.45, 2.75) is 38.6 Å². The van der Waals surface area contributed by atoms with Crippen molar-refractivity contribution in [1.82, 2.24) is 14.9 Å². The Morgan fingerprint density at radius 2 is 2.38 bits per heavy atom. The quantitative estimate of drug-likeness (QED) is 0.875. The fourth-order valence-electron chi connectivity index (χ4n) is 2.90. The third-order valence-electron chi connectivity index (χ3n) is 3.89. The minimum absolute atomic E-state index is 0.166. The molecule has 0 saturated carbocycles. The van der Waals surface area contributed by atoms with E-state index in [0.717, 1.165) is 35.7 Å². The van der Waals surface area contributed by atoms with Crippen LogP contribution in [0.5, 0.6) is 0 Å². The van der Waals surface area contributed by atoms with Crippen LogP contribution < -0.4 is 0 Å². The van der Waals surface area contributed by atoms with Crippen LogP contribution in [0.4, 0.5) is 0 Å². The SMILES string of the molecule is Cc1nc(CC(=O)N2CCCCC2c2cccnc2)cs1. The average molecular weight is 301 g/mol. The van der Waals surface area contributed by atoms with E-state index < -0.39 is 0 Å². The highest BCUT2D eigenvalue weighted by atomic mass is 32.1. The molecular weight excluding hydrogens is 282 g/mol. The van der Waals surface area contributed by atoms with Gasteiger partial charge in [0.1, 0.15) is 0 Å². The molecule has 1 unspecified atom stereocenters. The smallest absolute Gasteiger partial charge is 0.229 e. The van der Waals surface area contributed by atoms with Crippen LogP contribution in [0.2, 0.25) is 0 Å². The van der Waals surface area contributed by atoms with Gasteiger partial charge in [-0.1, -0.05) is 6.07 Å². The number of amides is 1. The Balaban J connectivity index is 1.76. The van der Waals surface area contributed by atoms with E-state index in [9.17, 15) is 4.79 Å². The van der Waals surface area contributed by atoms with Gasteiger partial charge in [-0.2, -0.15) is 0 Å². The standard InChI is InChI=1S/C16H19N3OS/c1-12-18-14(11-21-12)9-16(20)19-8-3-2-6-15(19)13-5-4-7-17-10-13/h4-5,7,10-11,15H,2-3,6,8-9H2,1H3. The molecule has 1 fully saturated rings. The summed E-state index contributed by atoms with van der Waals surface area (Å²) in [5, 5.41) is 3.00. The summed E-state index contributed by atoms with van der Waals surface area (Å²) in [5.41, 5.74) is 2.03. The van der Waals surface area contributed by atoms with E-state index in [4.69, 9.17) is 0 Å². The summed E-state index contributed by atoms with van der Waals surface area (Å²) in [5.74, 6) is 0.175. The molecule has 2 aromatic heterocycles. The zero-order valence-corrected chi connectivity index (χ0v) is 13.0. The van der Waals surface area contributed by atoms with Gasteiger partial charge in [-0.05, 0) is 37.8 Å². The lowest BCUT2D eigenvalue weighted by atomic mass is 9.96. The van der Waals surface area contributed by atoms with Crippen LogP contribution in [0.15, 0.2) is 29.9 Å². The molecule has 110 valence electrons. The summed E-state index contributed by atoms with van der Waals surface area (Å²) in [6, 6.07) is 4.17. The fourth-order valence-corrected chi connectivity index (χ4v) is 3.51. The molecule has 3 heterocycles. The molecule has 1 aliphatic rings. The number of carbonyl (C=O) groups excluding carboxylic acids is 1. The zero-order valence-electron chi connectivity index (χ0n) is 12.2. The first-order valence-corrected chi connectivity index (χ1v) is 8.22. The third kappa shape index (κ3) is 3.29. The number of carbonyl (C=O) groups is 1. The van der Waals surface area contributed by atoms with Crippen LogP contribution in [0.1, 0.15) is 41.6 Å². The summed E-state index contributed by atoms with van der Waals surface area (Å²) in [6.45, 7) is 2.81. The molecule has 1 amide bonds. The fraction of sp³-hybridized carbons (Fsp3) is 0.438. The van der Waals surface area contributed by atoms with E-state index >= 15 is 0 Å². The Labute approximate surface area is 128 Å². The largest absolute Gasteiger partial charge is 0.335 e. The Morgan fingerprint density at radius 1 is 1.48 bits per heavy atom. The van der Waals surface area contributed by atoms with E-state index in [2.05, 4.69) is 16.0 Å². The van der Waals surface area contributed by atoms with Gasteiger partial charge in [0, 0.05) is 24.3 Å². The van der Waals surface area contributed by atoms with Gasteiger partial charge < -0.3 is 4.90 Å². The minimum atomic E-state index is 0.166. The number of hydrogen-bond acceptors (Lipinski definition) is 4. The maximum atomic E-state index is 12.6. The first-order valence-electron chi connectivity index (χ1n) is 7.34. The minimum Gasteiger partial charge on any atom is -0.335 e. The molecule has 0 spiro atoms. The summed E-state index contributed by atoms with van der Waals surface area (Å²) in [6.07, 6.45) is 7.33. The predicted molar refractivity (Wildman–Crippen MR) is 83.1 cm³/mol. The monoisotopic (exact) mass is 301 g/mol. The molecule has 1 aliphatic heterocycles. The Bertz CT molecular complexity index is 611. The van der Waals surface area contributed by atoms with Crippen molar-refractivity contribution in [2.75, 3.05) is 6.54 Å². The number of thiazole rings is 1. The van der Waals surface area contributed by atoms with E-state index in [1.807, 2.05) is 29.5 Å². The van der Waals surface area contributed by atoms with Gasteiger partial charge in [0.15, 0.2) is 0 Å². The van der Waals surface area contributed by atoms with Crippen molar-refractivity contribution in [3.63, 3.8) is 0 Å². The lowest BCUT2D eigenvalue weighted by Crippen LogP contribution is -2.39. The van der Waals surface area contributed by atoms with Gasteiger partial charge in [0.25, 0.3) is 0 Å². The topological polar surface area (TPSA) is 46.1 Å². The molecule has 0 radical (unpaired) electrons. The highest BCUT2D eigenvalue weighted by Gasteiger charge is 2.28. The van der Waals surface area contributed by atoms with Crippen molar-refractivity contribution in [1.29, 1.82) is 0 Å². The molecule has 2 aromatic rings. The normalized spacial score (nSPS) is 18.7. The molecule has 4 nitrogen and oxygen atoms in total. The van der Waals surface area contributed by atoms with Crippen LogP contribution in [0.3, 0.4) is 0 Å². The van der Waals surface area contributed by atoms with Crippen LogP contribution in [-0.2, 0) is 11.2 Å². The van der Waals surface area contributed by atoms with E-state index in [-0.39, 0.29) is 11.9 Å². The zero-order chi connectivity index (χ0) is 14.7. The molecule has 1 saturated heterocycles. The van der Waals surface area contributed by atoms with Gasteiger partial charge in [0.2, 0.25) is 5.91 Å². The third-order valence-corrected chi connectivity index (χ3v) is 4.71. The second-order valence-corrected chi connectivity index (χ2v) is 6.48. The second-order valence-electron chi connectivity index (χ2n) is 5.42. The first-order chi connectivity index (χ1) is 10.2. The summed E-state index contributed by atoms with van der Waals surface area (Å²) >= 11 is 1.60. The van der Waals surface area contributed by atoms with E-state index in [1.54, 1.807) is 17.5 Å². The summed E-state index contributed by atoms with van der Waals surface area (Å²) in [4.78, 5) is 23.2. The first kappa shape index (κ1) is 14.2. The highest BCUT2D eigenvalue weighted by Crippen LogP contribution is 2.30. The summed E-state index contributed by atoms with van der Waals surface area (Å²) < 4.78 is 0. The van der Waals surface area contributed by atoms with Crippen molar-refractivity contribution in [2.24, 2.45) is 0 Å². The van der Waals surface area contributed by atoms with Gasteiger partial charge >= 0.3 is 0 Å². The van der Waals surface area contributed by atoms with Gasteiger partial charge in [-0.25, -0.2) is 4.98 Å². The van der Waals surface area contributed by atoms with Gasteiger partial charge in [-0.3, -0.25) is 9.78 Å². The van der Waals surface area contributed by atoms with Crippen molar-refractivity contribution in [3.8, 4) is 0 Å². The van der Waals surface area contributed by atoms with Crippen LogP contribution in [0, 0.1) is 6.92 Å². The number of aromatic nitrogens is 2. The molecule has 1 atom stereocenters. The number of nitrogens with zero attached hydrogens (tertiary/aromatic N) is 3. The van der Waals surface area contributed by atoms with Crippen LogP contribution in [-0.4, -0.2) is 27.3 Å². The molecule has 0 aromatic carbocycles. The van der Waals surface area contributed by atoms with E-state index in [0.29, 0.717) is 6.42 Å². The molecule has 0 N–H and O–H groups in total. The Kier molecular flexibility index (Phi) is 4.29. The molecular formula is C16H19N3OS. The lowest BCUT2D eigenvalue weighted by Gasteiger charge is -2.36. The molecule has 21 heavy (non-hydrogen) atoms. The van der Waals surface area contributed by atoms with Crippen molar-refractivity contribution in [3.05, 3.63) is 46.2 Å². The molecule has 5 heteroatoms. The number of piperidine rings is 1. The van der Waals surface area contributed by atoms with Gasteiger partial charge in [0.05, 0.1) is 23.2 Å². The van der Waals surface area contributed by atoms with Crippen LogP contribution >= 0.6 is 11.3 Å². The Morgan fingerprint density at radius 3 is 3.10 bits per heavy atom. The molecule has 0 bridgehead atoms. The average Bonchev–Trinajstić information content (AvgIpc) is 2.93. The summed E-state index contributed by atoms with van der Waals surface area (Å²) in [7, 11) is 0. The number of pyridine rings is 1. The number of hydrogen-bond donors (Lipinski definition) is 0. The molecule has 3 rings (SSSR count). The van der Waals surface area contributed by atoms with E-state index in [1.165, 1.54) is 6.42 Å². The van der Waals surface area contributed by atoms with Gasteiger partial charge in [-0.15, -0.1) is 11.3 Å². The predicted octanol–water partition coefficient (Wildman–Crippen LogP) is 3.14. The number of aryl methyl sites for hydroxylation is 1. The maximum absolute atomic E-state index is 12.6. The number of likely N-dealkylation sites (tertiary alicyclic amines) is 1. The highest BCUT2D eigenvalue weighted by molar-refractivity contribution is 7.09. The maximum Gasteiger partial charge on any atom is 0.229 e. The lowest BCUT2D eigenvalue weighted by molar-refractivity contribution is -0.134. The van der Waals surface area contributed by atoms with Crippen molar-refractivity contribution < 1.29 is 4.79 Å². The number of rotatable bonds is 3. The Hall–Kier alpha value is -1.75. The van der Waals surface area contributed by atoms with Crippen molar-refractivity contribution >= 4 is 17.2 Å². The second kappa shape index (κ2) is 6.35. The molecule has 0 aliphatic carbocycles.